The molecule has 0 aliphatic carbocycles. The molecule has 3 nitrogen and oxygen atoms in total. The van der Waals surface area contributed by atoms with Crippen molar-refractivity contribution in [2.24, 2.45) is 0 Å². The summed E-state index contributed by atoms with van der Waals surface area (Å²) in [7, 11) is 0. The number of carboxylic acids is 1. The van der Waals surface area contributed by atoms with Gasteiger partial charge in [-0.05, 0) is 34.1 Å². The first-order valence-electron chi connectivity index (χ1n) is 3.85. The first kappa shape index (κ1) is 10.6. The summed E-state index contributed by atoms with van der Waals surface area (Å²) in [5.74, 6) is 1.48. The zero-order valence-electron chi connectivity index (χ0n) is 7.25. The zero-order chi connectivity index (χ0) is 10.6. The SMILES string of the molecule is C#CCNc1ccc(C(=O)O)cc1Br. The summed E-state index contributed by atoms with van der Waals surface area (Å²) in [6.07, 6.45) is 5.08. The highest BCUT2D eigenvalue weighted by Gasteiger charge is 2.05. The van der Waals surface area contributed by atoms with Crippen molar-refractivity contribution in [2.75, 3.05) is 11.9 Å². The molecule has 0 bridgehead atoms. The van der Waals surface area contributed by atoms with Crippen LogP contribution in [0.15, 0.2) is 22.7 Å². The van der Waals surface area contributed by atoms with Crippen LogP contribution in [0.5, 0.6) is 0 Å². The molecule has 2 N–H and O–H groups in total. The van der Waals surface area contributed by atoms with Gasteiger partial charge in [0.2, 0.25) is 0 Å². The van der Waals surface area contributed by atoms with E-state index in [9.17, 15) is 4.79 Å². The molecule has 1 aromatic carbocycles. The molecule has 0 atom stereocenters. The molecule has 0 radical (unpaired) electrons. The molecule has 0 spiro atoms. The summed E-state index contributed by atoms with van der Waals surface area (Å²) in [4.78, 5) is 10.6. The van der Waals surface area contributed by atoms with E-state index in [1.807, 2.05) is 0 Å². The Balaban J connectivity index is 2.91. The largest absolute Gasteiger partial charge is 0.478 e. The molecule has 0 aliphatic rings. The first-order valence-corrected chi connectivity index (χ1v) is 4.64. The van der Waals surface area contributed by atoms with Crippen LogP contribution >= 0.6 is 15.9 Å². The van der Waals surface area contributed by atoms with Crippen molar-refractivity contribution in [3.8, 4) is 12.3 Å². The second kappa shape index (κ2) is 4.68. The van der Waals surface area contributed by atoms with Crippen LogP contribution in [0.2, 0.25) is 0 Å². The third kappa shape index (κ3) is 2.51. The second-order valence-electron chi connectivity index (χ2n) is 2.56. The fraction of sp³-hybridized carbons (Fsp3) is 0.100. The number of benzene rings is 1. The van der Waals surface area contributed by atoms with Crippen molar-refractivity contribution in [1.29, 1.82) is 0 Å². The number of anilines is 1. The lowest BCUT2D eigenvalue weighted by Gasteiger charge is -2.05. The summed E-state index contributed by atoms with van der Waals surface area (Å²) in [6.45, 7) is 0.408. The molecule has 1 rings (SSSR count). The molecule has 0 saturated carbocycles. The van der Waals surface area contributed by atoms with E-state index in [2.05, 4.69) is 27.2 Å². The van der Waals surface area contributed by atoms with Crippen molar-refractivity contribution in [1.82, 2.24) is 0 Å². The van der Waals surface area contributed by atoms with Crippen LogP contribution in [-0.2, 0) is 0 Å². The normalized spacial score (nSPS) is 9.14. The summed E-state index contributed by atoms with van der Waals surface area (Å²) < 4.78 is 0.688. The van der Waals surface area contributed by atoms with Gasteiger partial charge in [0.05, 0.1) is 12.1 Å². The molecular formula is C10H8BrNO2. The summed E-state index contributed by atoms with van der Waals surface area (Å²) in [6, 6.07) is 4.72. The number of terminal acetylenes is 1. The lowest BCUT2D eigenvalue weighted by molar-refractivity contribution is 0.0697. The predicted molar refractivity (Wildman–Crippen MR) is 58.4 cm³/mol. The molecule has 0 amide bonds. The van der Waals surface area contributed by atoms with E-state index in [0.29, 0.717) is 11.0 Å². The van der Waals surface area contributed by atoms with Crippen molar-refractivity contribution in [3.05, 3.63) is 28.2 Å². The van der Waals surface area contributed by atoms with Crippen LogP contribution in [-0.4, -0.2) is 17.6 Å². The minimum atomic E-state index is -0.950. The molecule has 0 saturated heterocycles. The van der Waals surface area contributed by atoms with Gasteiger partial charge in [-0.2, -0.15) is 0 Å². The number of carboxylic acid groups (broad SMARTS) is 1. The fourth-order valence-corrected chi connectivity index (χ4v) is 1.46. The van der Waals surface area contributed by atoms with Crippen LogP contribution in [0.3, 0.4) is 0 Å². The molecule has 0 heterocycles. The monoisotopic (exact) mass is 253 g/mol. The Bertz CT molecular complexity index is 396. The molecule has 0 fully saturated rings. The second-order valence-corrected chi connectivity index (χ2v) is 3.41. The molecule has 0 aromatic heterocycles. The van der Waals surface area contributed by atoms with Crippen LogP contribution in [0, 0.1) is 12.3 Å². The van der Waals surface area contributed by atoms with E-state index in [0.717, 1.165) is 5.69 Å². The number of aromatic carboxylic acids is 1. The fourth-order valence-electron chi connectivity index (χ4n) is 0.938. The maximum atomic E-state index is 10.6. The molecule has 4 heteroatoms. The van der Waals surface area contributed by atoms with E-state index in [1.165, 1.54) is 12.1 Å². The Kier molecular flexibility index (Phi) is 3.55. The lowest BCUT2D eigenvalue weighted by Crippen LogP contribution is -2.01. The van der Waals surface area contributed by atoms with Gasteiger partial charge in [0, 0.05) is 10.2 Å². The molecule has 14 heavy (non-hydrogen) atoms. The van der Waals surface area contributed by atoms with Crippen LogP contribution in [0.25, 0.3) is 0 Å². The van der Waals surface area contributed by atoms with E-state index < -0.39 is 5.97 Å². The van der Waals surface area contributed by atoms with Gasteiger partial charge < -0.3 is 10.4 Å². The van der Waals surface area contributed by atoms with Gasteiger partial charge in [-0.15, -0.1) is 6.42 Å². The number of hydrogen-bond donors (Lipinski definition) is 2. The summed E-state index contributed by atoms with van der Waals surface area (Å²) in [5.41, 5.74) is 1.02. The standard InChI is InChI=1S/C10H8BrNO2/c1-2-5-12-9-4-3-7(10(13)14)6-8(9)11/h1,3-4,6,12H,5H2,(H,13,14). The molecule has 1 aromatic rings. The number of nitrogens with one attached hydrogen (secondary N) is 1. The van der Waals surface area contributed by atoms with Gasteiger partial charge in [0.25, 0.3) is 0 Å². The highest BCUT2D eigenvalue weighted by molar-refractivity contribution is 9.10. The van der Waals surface area contributed by atoms with Gasteiger partial charge in [-0.3, -0.25) is 0 Å². The third-order valence-corrected chi connectivity index (χ3v) is 2.25. The van der Waals surface area contributed by atoms with Crippen LogP contribution in [0.4, 0.5) is 5.69 Å². The molecule has 0 aliphatic heterocycles. The maximum Gasteiger partial charge on any atom is 0.335 e. The Morgan fingerprint density at radius 1 is 1.64 bits per heavy atom. The van der Waals surface area contributed by atoms with Crippen molar-refractivity contribution in [2.45, 2.75) is 0 Å². The number of halogens is 1. The minimum absolute atomic E-state index is 0.239. The average molecular weight is 254 g/mol. The maximum absolute atomic E-state index is 10.6. The van der Waals surface area contributed by atoms with E-state index >= 15 is 0 Å². The van der Waals surface area contributed by atoms with Crippen molar-refractivity contribution < 1.29 is 9.90 Å². The number of hydrogen-bond acceptors (Lipinski definition) is 2. The van der Waals surface area contributed by atoms with Gasteiger partial charge >= 0.3 is 5.97 Å². The number of carbonyl (C=O) groups is 1. The quantitative estimate of drug-likeness (QED) is 0.813. The Labute approximate surface area is 90.3 Å². The summed E-state index contributed by atoms with van der Waals surface area (Å²) >= 11 is 3.25. The van der Waals surface area contributed by atoms with Gasteiger partial charge in [-0.25, -0.2) is 4.79 Å². The molecule has 0 unspecified atom stereocenters. The zero-order valence-corrected chi connectivity index (χ0v) is 8.84. The lowest BCUT2D eigenvalue weighted by atomic mass is 10.2. The smallest absolute Gasteiger partial charge is 0.335 e. The highest BCUT2D eigenvalue weighted by Crippen LogP contribution is 2.23. The van der Waals surface area contributed by atoms with Crippen LogP contribution < -0.4 is 5.32 Å². The van der Waals surface area contributed by atoms with Gasteiger partial charge in [0.15, 0.2) is 0 Å². The Morgan fingerprint density at radius 2 is 2.36 bits per heavy atom. The molecule has 72 valence electrons. The summed E-state index contributed by atoms with van der Waals surface area (Å²) in [5, 5.41) is 11.7. The van der Waals surface area contributed by atoms with Crippen molar-refractivity contribution >= 4 is 27.6 Å². The van der Waals surface area contributed by atoms with E-state index in [4.69, 9.17) is 11.5 Å². The highest BCUT2D eigenvalue weighted by atomic mass is 79.9. The first-order chi connectivity index (χ1) is 6.65. The van der Waals surface area contributed by atoms with E-state index in [1.54, 1.807) is 6.07 Å². The van der Waals surface area contributed by atoms with Crippen LogP contribution in [0.1, 0.15) is 10.4 Å². The predicted octanol–water partition coefficient (Wildman–Crippen LogP) is 2.19. The van der Waals surface area contributed by atoms with Gasteiger partial charge in [-0.1, -0.05) is 5.92 Å². The van der Waals surface area contributed by atoms with Crippen molar-refractivity contribution in [3.63, 3.8) is 0 Å². The van der Waals surface area contributed by atoms with E-state index in [-0.39, 0.29) is 5.56 Å². The number of rotatable bonds is 3. The topological polar surface area (TPSA) is 49.3 Å². The Morgan fingerprint density at radius 3 is 2.86 bits per heavy atom. The third-order valence-electron chi connectivity index (χ3n) is 1.60. The minimum Gasteiger partial charge on any atom is -0.478 e. The Hall–Kier alpha value is -1.47. The molecular weight excluding hydrogens is 246 g/mol. The average Bonchev–Trinajstić information content (AvgIpc) is 2.15. The van der Waals surface area contributed by atoms with Gasteiger partial charge in [0.1, 0.15) is 0 Å².